The van der Waals surface area contributed by atoms with Crippen LogP contribution in [0.2, 0.25) is 0 Å². The van der Waals surface area contributed by atoms with Gasteiger partial charge in [-0.2, -0.15) is 15.0 Å². The van der Waals surface area contributed by atoms with Crippen LogP contribution in [-0.4, -0.2) is 54.8 Å². The van der Waals surface area contributed by atoms with Crippen LogP contribution in [0.25, 0.3) is 0 Å². The van der Waals surface area contributed by atoms with Gasteiger partial charge >= 0.3 is 0 Å². The molecule has 0 bridgehead atoms. The highest BCUT2D eigenvalue weighted by Gasteiger charge is 2.07. The van der Waals surface area contributed by atoms with Crippen LogP contribution in [0.3, 0.4) is 0 Å². The number of nitrogens with zero attached hydrogens (tertiary/aromatic N) is 4. The summed E-state index contributed by atoms with van der Waals surface area (Å²) in [5.41, 5.74) is 0. The average molecular weight is 282 g/mol. The summed E-state index contributed by atoms with van der Waals surface area (Å²) in [4.78, 5) is 14.9. The van der Waals surface area contributed by atoms with Gasteiger partial charge in [-0.3, -0.25) is 0 Å². The summed E-state index contributed by atoms with van der Waals surface area (Å²) >= 11 is 0. The Morgan fingerprint density at radius 2 is 1.65 bits per heavy atom. The van der Waals surface area contributed by atoms with Gasteiger partial charge in [0.2, 0.25) is 17.8 Å². The molecule has 20 heavy (non-hydrogen) atoms. The van der Waals surface area contributed by atoms with Crippen molar-refractivity contribution in [2.45, 2.75) is 33.3 Å². The molecule has 0 aromatic carbocycles. The summed E-state index contributed by atoms with van der Waals surface area (Å²) < 4.78 is 5.48. The Kier molecular flexibility index (Phi) is 7.00. The highest BCUT2D eigenvalue weighted by molar-refractivity contribution is 5.42. The Hall–Kier alpha value is -1.63. The smallest absolute Gasteiger partial charge is 0.231 e. The van der Waals surface area contributed by atoms with Gasteiger partial charge in [0.15, 0.2) is 0 Å². The molecule has 0 atom stereocenters. The first-order valence-corrected chi connectivity index (χ1v) is 7.05. The van der Waals surface area contributed by atoms with Crippen molar-refractivity contribution in [3.63, 3.8) is 0 Å². The summed E-state index contributed by atoms with van der Waals surface area (Å²) in [6, 6.07) is 0. The van der Waals surface area contributed by atoms with Crippen molar-refractivity contribution >= 4 is 17.8 Å². The molecule has 1 rings (SSSR count). The number of hydrogen-bond donors (Lipinski definition) is 2. The molecule has 1 aromatic heterocycles. The number of nitrogens with one attached hydrogen (secondary N) is 2. The second-order valence-corrected chi connectivity index (χ2v) is 4.95. The van der Waals surface area contributed by atoms with Gasteiger partial charge in [0, 0.05) is 27.2 Å². The minimum atomic E-state index is 0.231. The predicted molar refractivity (Wildman–Crippen MR) is 82.5 cm³/mol. The predicted octanol–water partition coefficient (Wildman–Crippen LogP) is 1.60. The molecule has 1 aromatic rings. The molecule has 0 aliphatic rings. The van der Waals surface area contributed by atoms with E-state index in [1.807, 2.05) is 32.8 Å². The molecule has 0 fully saturated rings. The fourth-order valence-electron chi connectivity index (χ4n) is 1.42. The van der Waals surface area contributed by atoms with E-state index in [1.165, 1.54) is 0 Å². The van der Waals surface area contributed by atoms with Gasteiger partial charge in [-0.15, -0.1) is 0 Å². The standard InChI is InChI=1S/C13H26N6O/c1-6-7-14-11-16-12(15-8-9-20-10(2)3)18-13(17-11)19(4)5/h10H,6-9H2,1-5H3,(H2,14,15,16,17,18). The summed E-state index contributed by atoms with van der Waals surface area (Å²) in [6.07, 6.45) is 1.25. The third kappa shape index (κ3) is 6.01. The lowest BCUT2D eigenvalue weighted by atomic mass is 10.5. The Morgan fingerprint density at radius 1 is 1.05 bits per heavy atom. The van der Waals surface area contributed by atoms with E-state index in [1.54, 1.807) is 0 Å². The van der Waals surface area contributed by atoms with E-state index < -0.39 is 0 Å². The third-order valence-corrected chi connectivity index (χ3v) is 2.39. The van der Waals surface area contributed by atoms with Gasteiger partial charge < -0.3 is 20.3 Å². The van der Waals surface area contributed by atoms with Gasteiger partial charge in [-0.1, -0.05) is 6.92 Å². The van der Waals surface area contributed by atoms with Gasteiger partial charge in [0.05, 0.1) is 12.7 Å². The summed E-state index contributed by atoms with van der Waals surface area (Å²) in [5, 5.41) is 6.34. The van der Waals surface area contributed by atoms with E-state index in [0.29, 0.717) is 31.0 Å². The van der Waals surface area contributed by atoms with Crippen molar-refractivity contribution in [1.29, 1.82) is 0 Å². The maximum atomic E-state index is 5.48. The highest BCUT2D eigenvalue weighted by atomic mass is 16.5. The quantitative estimate of drug-likeness (QED) is 0.666. The minimum Gasteiger partial charge on any atom is -0.377 e. The molecule has 0 unspecified atom stereocenters. The van der Waals surface area contributed by atoms with E-state index in [-0.39, 0.29) is 6.10 Å². The Morgan fingerprint density at radius 3 is 2.15 bits per heavy atom. The lowest BCUT2D eigenvalue weighted by molar-refractivity contribution is 0.0870. The number of anilines is 3. The molecular weight excluding hydrogens is 256 g/mol. The summed E-state index contributed by atoms with van der Waals surface area (Å²) in [6.45, 7) is 8.26. The largest absolute Gasteiger partial charge is 0.377 e. The minimum absolute atomic E-state index is 0.231. The molecule has 0 amide bonds. The van der Waals surface area contributed by atoms with E-state index in [9.17, 15) is 0 Å². The summed E-state index contributed by atoms with van der Waals surface area (Å²) in [5.74, 6) is 1.79. The van der Waals surface area contributed by atoms with Crippen LogP contribution in [-0.2, 0) is 4.74 Å². The van der Waals surface area contributed by atoms with E-state index >= 15 is 0 Å². The normalized spacial score (nSPS) is 10.7. The molecular formula is C13H26N6O. The van der Waals surface area contributed by atoms with Crippen LogP contribution in [0.15, 0.2) is 0 Å². The van der Waals surface area contributed by atoms with Gasteiger partial charge in [0.25, 0.3) is 0 Å². The molecule has 0 aliphatic heterocycles. The Bertz CT molecular complexity index is 396. The summed E-state index contributed by atoms with van der Waals surface area (Å²) in [7, 11) is 3.81. The monoisotopic (exact) mass is 282 g/mol. The maximum Gasteiger partial charge on any atom is 0.231 e. The van der Waals surface area contributed by atoms with Crippen LogP contribution in [0.5, 0.6) is 0 Å². The van der Waals surface area contributed by atoms with Crippen molar-refractivity contribution in [2.24, 2.45) is 0 Å². The Labute approximate surface area is 121 Å². The van der Waals surface area contributed by atoms with Crippen LogP contribution >= 0.6 is 0 Å². The van der Waals surface area contributed by atoms with Crippen molar-refractivity contribution in [3.8, 4) is 0 Å². The number of aromatic nitrogens is 3. The average Bonchev–Trinajstić information content (AvgIpc) is 2.41. The van der Waals surface area contributed by atoms with Crippen molar-refractivity contribution in [1.82, 2.24) is 15.0 Å². The molecule has 0 spiro atoms. The van der Waals surface area contributed by atoms with Crippen molar-refractivity contribution < 1.29 is 4.74 Å². The highest BCUT2D eigenvalue weighted by Crippen LogP contribution is 2.11. The lowest BCUT2D eigenvalue weighted by Gasteiger charge is -2.14. The zero-order chi connectivity index (χ0) is 15.0. The first-order valence-electron chi connectivity index (χ1n) is 7.05. The molecule has 0 radical (unpaired) electrons. The number of ether oxygens (including phenoxy) is 1. The molecule has 0 saturated carbocycles. The zero-order valence-electron chi connectivity index (χ0n) is 13.1. The molecule has 0 aliphatic carbocycles. The molecule has 7 heteroatoms. The van der Waals surface area contributed by atoms with Gasteiger partial charge in [-0.05, 0) is 20.3 Å². The maximum absolute atomic E-state index is 5.48. The Balaban J connectivity index is 2.65. The fraction of sp³-hybridized carbons (Fsp3) is 0.769. The van der Waals surface area contributed by atoms with Gasteiger partial charge in [0.1, 0.15) is 0 Å². The molecule has 114 valence electrons. The number of rotatable bonds is 9. The van der Waals surface area contributed by atoms with Crippen LogP contribution in [0, 0.1) is 0 Å². The fourth-order valence-corrected chi connectivity index (χ4v) is 1.42. The second kappa shape index (κ2) is 8.52. The first kappa shape index (κ1) is 16.4. The lowest BCUT2D eigenvalue weighted by Crippen LogP contribution is -2.19. The zero-order valence-corrected chi connectivity index (χ0v) is 13.1. The van der Waals surface area contributed by atoms with E-state index in [0.717, 1.165) is 13.0 Å². The molecule has 7 nitrogen and oxygen atoms in total. The first-order chi connectivity index (χ1) is 9.52. The van der Waals surface area contributed by atoms with Crippen LogP contribution in [0.4, 0.5) is 17.8 Å². The van der Waals surface area contributed by atoms with E-state index in [2.05, 4.69) is 32.5 Å². The van der Waals surface area contributed by atoms with Crippen LogP contribution < -0.4 is 15.5 Å². The van der Waals surface area contributed by atoms with Gasteiger partial charge in [-0.25, -0.2) is 0 Å². The van der Waals surface area contributed by atoms with Crippen molar-refractivity contribution in [2.75, 3.05) is 49.3 Å². The number of hydrogen-bond acceptors (Lipinski definition) is 7. The van der Waals surface area contributed by atoms with E-state index in [4.69, 9.17) is 4.74 Å². The topological polar surface area (TPSA) is 75.2 Å². The van der Waals surface area contributed by atoms with Crippen molar-refractivity contribution in [3.05, 3.63) is 0 Å². The third-order valence-electron chi connectivity index (χ3n) is 2.39. The molecule has 0 saturated heterocycles. The molecule has 1 heterocycles. The molecule has 2 N–H and O–H groups in total. The SMILES string of the molecule is CCCNc1nc(NCCOC(C)C)nc(N(C)C)n1. The van der Waals surface area contributed by atoms with Crippen LogP contribution in [0.1, 0.15) is 27.2 Å². The second-order valence-electron chi connectivity index (χ2n) is 4.95.